The molecule has 4 aromatic carbocycles. The number of rotatable bonds is 6. The molecule has 0 amide bonds. The largest absolute Gasteiger partial charge is 0.243 e. The first-order valence-electron chi connectivity index (χ1n) is 24.1. The van der Waals surface area contributed by atoms with Gasteiger partial charge in [-0.15, -0.1) is 11.3 Å². The van der Waals surface area contributed by atoms with Gasteiger partial charge >= 0.3 is 0 Å². The Morgan fingerprint density at radius 1 is 0.705 bits per heavy atom. The number of hydrogen-bond acceptors (Lipinski definition) is 1. The molecule has 1 aliphatic heterocycles. The van der Waals surface area contributed by atoms with Crippen molar-refractivity contribution in [2.24, 2.45) is 16.7 Å². The van der Waals surface area contributed by atoms with Crippen molar-refractivity contribution in [2.75, 3.05) is 0 Å². The van der Waals surface area contributed by atoms with Crippen LogP contribution in [0.4, 0.5) is 0 Å². The van der Waals surface area contributed by atoms with Gasteiger partial charge in [0, 0.05) is 15.7 Å². The van der Waals surface area contributed by atoms with E-state index < -0.39 is 0 Å². The minimum atomic E-state index is 0.101. The van der Waals surface area contributed by atoms with Crippen molar-refractivity contribution < 1.29 is 0 Å². The van der Waals surface area contributed by atoms with E-state index in [-0.39, 0.29) is 28.4 Å². The van der Waals surface area contributed by atoms with Gasteiger partial charge in [-0.05, 0) is 141 Å². The van der Waals surface area contributed by atoms with Gasteiger partial charge in [0.05, 0.1) is 0 Å². The van der Waals surface area contributed by atoms with Crippen molar-refractivity contribution in [2.45, 2.75) is 169 Å². The molecule has 5 aromatic rings. The van der Waals surface area contributed by atoms with E-state index in [9.17, 15) is 0 Å². The fraction of sp³-hybridized carbons (Fsp3) is 0.492. The van der Waals surface area contributed by atoms with Crippen molar-refractivity contribution in [3.8, 4) is 11.1 Å². The Morgan fingerprint density at radius 2 is 1.38 bits per heavy atom. The molecule has 0 nitrogen and oxygen atoms in total. The predicted octanol–water partition coefficient (Wildman–Crippen LogP) is 14.4. The molecular formula is C59H73BS. The monoisotopic (exact) mass is 825 g/mol. The zero-order valence-corrected chi connectivity index (χ0v) is 40.7. The number of hydrogen-bond donors (Lipinski definition) is 0. The molecule has 318 valence electrons. The van der Waals surface area contributed by atoms with Crippen molar-refractivity contribution in [1.82, 2.24) is 0 Å². The van der Waals surface area contributed by atoms with Crippen LogP contribution in [0.2, 0.25) is 0 Å². The van der Waals surface area contributed by atoms with Gasteiger partial charge in [-0.1, -0.05) is 203 Å². The van der Waals surface area contributed by atoms with Crippen LogP contribution in [-0.2, 0) is 35.5 Å². The molecule has 1 fully saturated rings. The molecule has 0 saturated heterocycles. The third kappa shape index (κ3) is 7.68. The molecule has 0 spiro atoms. The van der Waals surface area contributed by atoms with Gasteiger partial charge in [0.2, 0.25) is 6.71 Å². The molecule has 1 aromatic heterocycles. The number of aryl methyl sites for hydroxylation is 2. The van der Waals surface area contributed by atoms with Crippen molar-refractivity contribution in [3.63, 3.8) is 0 Å². The smallest absolute Gasteiger partial charge is 0.145 e. The van der Waals surface area contributed by atoms with Gasteiger partial charge in [-0.2, -0.15) is 0 Å². The second-order valence-electron chi connectivity index (χ2n) is 23.6. The standard InChI is InChI=1S/C59H73BS/c1-13-14-15-38-16-18-39(19-17-38)40-22-29-51-42(34-40)20-27-45(41-21-28-47-48(35-41)57(7,8)31-30-56(47,5)6)54-53(60(51)44-25-23-43(24-26-44)55(2,3)4)46-36-49-50(37-52(46)61-54)59(11,12)33-32-58(49,9)10/h16-19,21-26,28-29,34-36,45,50H,13-15,20,27,30-33,37H2,1-12H3/t45-,50?/m1/s1. The molecule has 2 atom stereocenters. The van der Waals surface area contributed by atoms with Crippen LogP contribution in [0.15, 0.2) is 90.5 Å². The number of unbranched alkanes of at least 4 members (excludes halogenated alkanes) is 1. The molecule has 1 unspecified atom stereocenters. The molecular weight excluding hydrogens is 752 g/mol. The SMILES string of the molecule is CCCCc1ccc(-c2ccc3c(c2)CC[C@H](c2ccc4c(c2)C(C)(C)CCC4(C)C)c2sc4c(c2B3c2ccc(C(C)(C)C)cc2)C=C2C(C4)C(C)(C)CCC2(C)C)cc1. The molecule has 3 aliphatic carbocycles. The summed E-state index contributed by atoms with van der Waals surface area (Å²) in [6.07, 6.45) is 14.8. The zero-order valence-electron chi connectivity index (χ0n) is 39.9. The first-order chi connectivity index (χ1) is 28.8. The summed E-state index contributed by atoms with van der Waals surface area (Å²) in [7, 11) is 0. The second kappa shape index (κ2) is 15.3. The van der Waals surface area contributed by atoms with Crippen LogP contribution >= 0.6 is 11.3 Å². The maximum atomic E-state index is 2.77. The van der Waals surface area contributed by atoms with E-state index in [0.29, 0.717) is 17.3 Å². The van der Waals surface area contributed by atoms with Gasteiger partial charge < -0.3 is 0 Å². The molecule has 1 saturated carbocycles. The molecule has 4 aliphatic rings. The summed E-state index contributed by atoms with van der Waals surface area (Å²) in [6, 6.07) is 34.8. The summed E-state index contributed by atoms with van der Waals surface area (Å²) in [5.74, 6) is 0.926. The van der Waals surface area contributed by atoms with Crippen LogP contribution in [0.5, 0.6) is 0 Å². The number of thiophene rings is 1. The second-order valence-corrected chi connectivity index (χ2v) is 24.8. The highest BCUT2D eigenvalue weighted by molar-refractivity contribution is 7.15. The lowest BCUT2D eigenvalue weighted by molar-refractivity contribution is 0.124. The van der Waals surface area contributed by atoms with Crippen LogP contribution in [0.1, 0.15) is 183 Å². The van der Waals surface area contributed by atoms with E-state index in [1.807, 2.05) is 0 Å². The Bertz CT molecular complexity index is 2470. The Kier molecular flexibility index (Phi) is 10.7. The Hall–Kier alpha value is -3.62. The van der Waals surface area contributed by atoms with E-state index in [1.165, 1.54) is 89.3 Å². The molecule has 0 bridgehead atoms. The maximum absolute atomic E-state index is 2.77. The number of benzene rings is 4. The average Bonchev–Trinajstić information content (AvgIpc) is 3.57. The van der Waals surface area contributed by atoms with Crippen LogP contribution < -0.4 is 16.4 Å². The van der Waals surface area contributed by atoms with Gasteiger partial charge in [0.1, 0.15) is 0 Å². The van der Waals surface area contributed by atoms with Crippen LogP contribution in [0.3, 0.4) is 0 Å². The summed E-state index contributed by atoms with van der Waals surface area (Å²) in [5.41, 5.74) is 20.5. The molecule has 61 heavy (non-hydrogen) atoms. The first kappa shape index (κ1) is 42.7. The summed E-state index contributed by atoms with van der Waals surface area (Å²) in [4.78, 5) is 3.26. The summed E-state index contributed by atoms with van der Waals surface area (Å²) in [5, 5.41) is 0. The van der Waals surface area contributed by atoms with Gasteiger partial charge in [-0.3, -0.25) is 0 Å². The van der Waals surface area contributed by atoms with E-state index in [4.69, 9.17) is 0 Å². The number of allylic oxidation sites excluding steroid dienone is 1. The topological polar surface area (TPSA) is 0 Å². The number of fused-ring (bicyclic) bond motifs is 6. The zero-order chi connectivity index (χ0) is 43.3. The molecule has 9 rings (SSSR count). The molecule has 0 N–H and O–H groups in total. The summed E-state index contributed by atoms with van der Waals surface area (Å²) < 4.78 is 0. The fourth-order valence-electron chi connectivity index (χ4n) is 12.0. The van der Waals surface area contributed by atoms with Crippen molar-refractivity contribution in [3.05, 3.63) is 139 Å². The lowest BCUT2D eigenvalue weighted by Crippen LogP contribution is -2.56. The van der Waals surface area contributed by atoms with Crippen molar-refractivity contribution in [1.29, 1.82) is 0 Å². The Morgan fingerprint density at radius 3 is 2.07 bits per heavy atom. The lowest BCUT2D eigenvalue weighted by atomic mass is 9.34. The lowest BCUT2D eigenvalue weighted by Gasteiger charge is -2.50. The minimum absolute atomic E-state index is 0.101. The average molecular weight is 825 g/mol. The Balaban J connectivity index is 1.29. The van der Waals surface area contributed by atoms with Gasteiger partial charge in [0.25, 0.3) is 0 Å². The Labute approximate surface area is 375 Å². The quantitative estimate of drug-likeness (QED) is 0.150. The van der Waals surface area contributed by atoms with Crippen LogP contribution in [-0.4, -0.2) is 6.71 Å². The maximum Gasteiger partial charge on any atom is 0.243 e. The highest BCUT2D eigenvalue weighted by Crippen LogP contribution is 2.57. The van der Waals surface area contributed by atoms with Crippen LogP contribution in [0, 0.1) is 16.7 Å². The predicted molar refractivity (Wildman–Crippen MR) is 268 cm³/mol. The van der Waals surface area contributed by atoms with E-state index in [0.717, 1.165) is 19.3 Å². The van der Waals surface area contributed by atoms with E-state index >= 15 is 0 Å². The normalized spacial score (nSPS) is 22.1. The highest BCUT2D eigenvalue weighted by atomic mass is 32.1. The minimum Gasteiger partial charge on any atom is -0.145 e. The fourth-order valence-corrected chi connectivity index (χ4v) is 13.6. The third-order valence-electron chi connectivity index (χ3n) is 16.5. The van der Waals surface area contributed by atoms with E-state index in [2.05, 4.69) is 185 Å². The van der Waals surface area contributed by atoms with Gasteiger partial charge in [-0.25, -0.2) is 0 Å². The third-order valence-corrected chi connectivity index (χ3v) is 17.9. The highest BCUT2D eigenvalue weighted by Gasteiger charge is 2.48. The first-order valence-corrected chi connectivity index (χ1v) is 24.9. The van der Waals surface area contributed by atoms with Crippen molar-refractivity contribution >= 4 is 40.5 Å². The molecule has 2 heteroatoms. The molecule has 0 radical (unpaired) electrons. The van der Waals surface area contributed by atoms with E-state index in [1.54, 1.807) is 37.5 Å². The molecule has 2 heterocycles. The van der Waals surface area contributed by atoms with Crippen LogP contribution in [0.25, 0.3) is 17.2 Å². The van der Waals surface area contributed by atoms with Gasteiger partial charge in [0.15, 0.2) is 0 Å². The summed E-state index contributed by atoms with van der Waals surface area (Å²) in [6.45, 7) is 29.6. The summed E-state index contributed by atoms with van der Waals surface area (Å²) >= 11 is 2.20.